The van der Waals surface area contributed by atoms with E-state index in [9.17, 15) is 30.6 Å². The molecule has 6 aromatic heterocycles. The molecule has 6 aliphatic heterocycles. The van der Waals surface area contributed by atoms with Crippen molar-refractivity contribution >= 4 is 157 Å². The first-order valence-corrected chi connectivity index (χ1v) is 37.0. The van der Waals surface area contributed by atoms with Gasteiger partial charge in [-0.3, -0.25) is 13.7 Å². The number of nitrogens with one attached hydrogen (secondary N) is 3. The van der Waals surface area contributed by atoms with Crippen molar-refractivity contribution in [2.24, 2.45) is 0 Å². The van der Waals surface area contributed by atoms with Crippen LogP contribution in [0.5, 0.6) is 0 Å². The molecule has 0 aliphatic carbocycles. The standard InChI is InChI=1S/3C10H12N5O4.3C6H12S3.3Ru/c3*11-8-5-9(13-2-12-8)15(3-14-5)10-7(18)6(17)4(1-16)19-10;3*1-2-8-5-6-9-4-3-7-1;;;/h3*2-4,6-7,10,16-18H,1H2,(H-,11,12,13);3*1-6H2;;;/q3*-1;;;;3*+2/t3*4-,6-,7-,10-;;;;;;/m000....../s1. The summed E-state index contributed by atoms with van der Waals surface area (Å²) in [4.78, 5) is 35.0. The van der Waals surface area contributed by atoms with E-state index in [2.05, 4.69) is 151 Å². The Balaban J connectivity index is 0.000000229. The fraction of sp³-hybridized carbons (Fsp3) is 0.688. The van der Waals surface area contributed by atoms with E-state index < -0.39 is 93.4 Å². The first kappa shape index (κ1) is 79.0. The number of hydrogen-bond acceptors (Lipinski definition) is 30. The van der Waals surface area contributed by atoms with E-state index in [0.29, 0.717) is 16.9 Å². The summed E-state index contributed by atoms with van der Waals surface area (Å²) in [7, 11) is 0. The maximum Gasteiger partial charge on any atom is 2.00 e. The molecule has 0 radical (unpaired) electrons. The van der Waals surface area contributed by atoms with E-state index in [4.69, 9.17) is 46.7 Å². The van der Waals surface area contributed by atoms with Gasteiger partial charge in [0.25, 0.3) is 0 Å². The van der Waals surface area contributed by atoms with Gasteiger partial charge in [-0.25, -0.2) is 29.9 Å². The Morgan fingerprint density at radius 2 is 0.529 bits per heavy atom. The van der Waals surface area contributed by atoms with Crippen molar-refractivity contribution < 1.29 is 119 Å². The Labute approximate surface area is 580 Å². The number of imidazole rings is 3. The van der Waals surface area contributed by atoms with Crippen molar-refractivity contribution in [2.75, 3.05) is 123 Å². The monoisotopic (exact) mass is 1640 g/mol. The van der Waals surface area contributed by atoms with Crippen LogP contribution in [-0.4, -0.2) is 283 Å². The van der Waals surface area contributed by atoms with Crippen molar-refractivity contribution in [3.8, 4) is 0 Å². The summed E-state index contributed by atoms with van der Waals surface area (Å²) >= 11 is 18.9. The van der Waals surface area contributed by atoms with Crippen molar-refractivity contribution in [3.63, 3.8) is 0 Å². The van der Waals surface area contributed by atoms with Gasteiger partial charge >= 0.3 is 58.4 Å². The van der Waals surface area contributed by atoms with Crippen LogP contribution in [0.2, 0.25) is 0 Å². The largest absolute Gasteiger partial charge is 2.00 e. The van der Waals surface area contributed by atoms with Gasteiger partial charge in [-0.15, -0.1) is 0 Å². The zero-order valence-corrected chi connectivity index (χ0v) is 59.2. The predicted molar refractivity (Wildman–Crippen MR) is 343 cm³/mol. The second-order valence-corrected chi connectivity index (χ2v) is 29.4. The van der Waals surface area contributed by atoms with Gasteiger partial charge in [0.05, 0.1) is 38.8 Å². The summed E-state index contributed by atoms with van der Waals surface area (Å²) < 4.78 is 20.4. The molecule has 6 aromatic rings. The zero-order chi connectivity index (χ0) is 59.8. The van der Waals surface area contributed by atoms with Crippen LogP contribution in [0.3, 0.4) is 0 Å². The number of rotatable bonds is 6. The van der Waals surface area contributed by atoms with Gasteiger partial charge in [0.1, 0.15) is 71.5 Å². The van der Waals surface area contributed by atoms with Crippen LogP contribution in [-0.2, 0) is 72.6 Å². The molecule has 0 saturated carbocycles. The Bertz CT molecular complexity index is 2480. The molecular formula is C48H72N15O12Ru3S9+3. The Morgan fingerprint density at radius 3 is 0.701 bits per heavy atom. The average Bonchev–Trinajstić information content (AvgIpc) is 2.14. The molecule has 6 saturated heterocycles. The van der Waals surface area contributed by atoms with Gasteiger partial charge in [0.15, 0.2) is 35.6 Å². The van der Waals surface area contributed by atoms with Gasteiger partial charge in [-0.1, -0.05) is 0 Å². The smallest absolute Gasteiger partial charge is 0.480 e. The summed E-state index contributed by atoms with van der Waals surface area (Å²) in [5, 5.41) is 86.1. The third kappa shape index (κ3) is 22.9. The van der Waals surface area contributed by atoms with E-state index in [1.807, 2.05) is 0 Å². The van der Waals surface area contributed by atoms with Crippen LogP contribution in [0.4, 0.5) is 17.5 Å². The number of aromatic nitrogens is 12. The average molecular weight is 1640 g/mol. The van der Waals surface area contributed by atoms with E-state index in [-0.39, 0.29) is 92.4 Å². The normalized spacial score (nSPS) is 27.8. The molecule has 0 bridgehead atoms. The van der Waals surface area contributed by atoms with Gasteiger partial charge < -0.3 is 92.3 Å². The van der Waals surface area contributed by atoms with E-state index in [1.54, 1.807) is 0 Å². The van der Waals surface area contributed by atoms with Gasteiger partial charge in [-0.2, -0.15) is 106 Å². The number of aliphatic hydroxyl groups is 9. The van der Waals surface area contributed by atoms with Crippen molar-refractivity contribution in [1.29, 1.82) is 0 Å². The zero-order valence-electron chi connectivity index (χ0n) is 46.6. The number of nitrogens with zero attached hydrogens (tertiary/aromatic N) is 12. The van der Waals surface area contributed by atoms with Crippen molar-refractivity contribution in [3.05, 3.63) is 55.2 Å². The molecule has 6 fully saturated rings. The Kier molecular flexibility index (Phi) is 38.9. The van der Waals surface area contributed by atoms with Crippen LogP contribution in [0.25, 0.3) is 50.7 Å². The molecule has 6 aliphatic rings. The molecule has 486 valence electrons. The van der Waals surface area contributed by atoms with Gasteiger partial charge in [-0.05, 0) is 17.5 Å². The summed E-state index contributed by atoms with van der Waals surface area (Å²) in [6.45, 7) is -1.21. The fourth-order valence-corrected chi connectivity index (χ4v) is 18.7. The topological polar surface area (TPSA) is 412 Å². The second-order valence-electron chi connectivity index (χ2n) is 18.3. The van der Waals surface area contributed by atoms with Crippen molar-refractivity contribution in [2.45, 2.75) is 73.6 Å². The second kappa shape index (κ2) is 42.8. The van der Waals surface area contributed by atoms with Crippen LogP contribution in [0.15, 0.2) is 38.0 Å². The summed E-state index contributed by atoms with van der Waals surface area (Å²) in [5.74, 6) is 24.5. The molecule has 12 rings (SSSR count). The number of aliphatic hydroxyl groups excluding tert-OH is 9. The van der Waals surface area contributed by atoms with E-state index >= 15 is 0 Å². The SMILES string of the molecule is C1CSCCSCCS1.C1CSCCSCCS1.C1CSCCSCCS1.[NH-]c1ncnc2c1ncn2[C@H]1O[C@@H](CO)[C@H](O)[C@@H]1O.[NH-]c1ncnc2c1ncn2[C@H]1O[C@@H](CO)[C@H](O)[C@@H]1O.[NH-]c1ncnc2c1ncn2[C@H]1O[C@@H](CO)[C@H](O)[C@@H]1O.[Ru+2].[Ru+2].[Ru+2]. The minimum atomic E-state index is -1.21. The third-order valence-electron chi connectivity index (χ3n) is 12.8. The molecule has 0 spiro atoms. The Morgan fingerprint density at radius 1 is 0.333 bits per heavy atom. The molecule has 12 N–H and O–H groups in total. The van der Waals surface area contributed by atoms with Crippen molar-refractivity contribution in [1.82, 2.24) is 58.6 Å². The molecule has 0 amide bonds. The fourth-order valence-electron chi connectivity index (χ4n) is 8.42. The number of ether oxygens (including phenoxy) is 3. The molecule has 12 heterocycles. The molecule has 0 unspecified atom stereocenters. The molecule has 27 nitrogen and oxygen atoms in total. The van der Waals surface area contributed by atoms with Gasteiger partial charge in [0, 0.05) is 123 Å². The van der Waals surface area contributed by atoms with Crippen LogP contribution in [0.1, 0.15) is 18.7 Å². The summed E-state index contributed by atoms with van der Waals surface area (Å²) in [6, 6.07) is 0. The van der Waals surface area contributed by atoms with Crippen LogP contribution < -0.4 is 0 Å². The molecular weight excluding hydrogens is 1570 g/mol. The molecule has 39 heteroatoms. The minimum Gasteiger partial charge on any atom is -0.480 e. The van der Waals surface area contributed by atoms with Crippen LogP contribution >= 0.6 is 106 Å². The predicted octanol–water partition coefficient (Wildman–Crippen LogP) is 3.96. The first-order valence-electron chi connectivity index (χ1n) is 26.6. The Hall–Kier alpha value is -0.410. The van der Waals surface area contributed by atoms with E-state index in [0.717, 1.165) is 0 Å². The van der Waals surface area contributed by atoms with Gasteiger partial charge in [0.2, 0.25) is 0 Å². The minimum absolute atomic E-state index is 0. The maximum absolute atomic E-state index is 9.93. The first-order chi connectivity index (χ1) is 40.9. The summed E-state index contributed by atoms with van der Waals surface area (Å²) in [6.07, 6.45) is -4.81. The number of fused-ring (bicyclic) bond motifs is 3. The van der Waals surface area contributed by atoms with Crippen LogP contribution in [0, 0.1) is 0 Å². The molecule has 87 heavy (non-hydrogen) atoms. The van der Waals surface area contributed by atoms with E-state index in [1.165, 1.54) is 155 Å². The number of hydrogen-bond donors (Lipinski definition) is 9. The maximum atomic E-state index is 9.93. The molecule has 12 atom stereocenters. The number of thioether (sulfide) groups is 9. The molecule has 0 aromatic carbocycles. The third-order valence-corrected chi connectivity index (χ3v) is 24.0. The summed E-state index contributed by atoms with van der Waals surface area (Å²) in [5.41, 5.74) is 24.6. The quantitative estimate of drug-likeness (QED) is 0.107.